The second-order valence-corrected chi connectivity index (χ2v) is 6.69. The lowest BCUT2D eigenvalue weighted by molar-refractivity contribution is -0.184. The molecule has 9 heteroatoms. The maximum atomic E-state index is 13.4. The van der Waals surface area contributed by atoms with Gasteiger partial charge in [0.25, 0.3) is 0 Å². The van der Waals surface area contributed by atoms with Crippen LogP contribution in [0.15, 0.2) is 24.3 Å². The number of piperazine rings is 1. The van der Waals surface area contributed by atoms with Crippen LogP contribution in [0, 0.1) is 5.82 Å². The van der Waals surface area contributed by atoms with E-state index in [-0.39, 0.29) is 25.5 Å². The molecule has 0 aromatic heterocycles. The number of amides is 1. The van der Waals surface area contributed by atoms with Crippen LogP contribution in [0.3, 0.4) is 0 Å². The molecule has 1 amide bonds. The van der Waals surface area contributed by atoms with E-state index < -0.39 is 35.9 Å². The number of nitrogens with zero attached hydrogens (tertiary/aromatic N) is 1. The molecular weight excluding hydrogens is 374 g/mol. The van der Waals surface area contributed by atoms with Gasteiger partial charge < -0.3 is 10.6 Å². The fraction of sp³-hybridized carbons (Fsp3) is 0.588. The van der Waals surface area contributed by atoms with E-state index in [2.05, 4.69) is 10.6 Å². The molecule has 2 rings (SSSR count). The summed E-state index contributed by atoms with van der Waals surface area (Å²) in [5.74, 6) is -1.06. The zero-order valence-electron chi connectivity index (χ0n) is 14.7. The topological polar surface area (TPSA) is 44.4 Å². The average Bonchev–Trinajstić information content (AvgIpc) is 2.54. The molecule has 1 unspecified atom stereocenters. The fourth-order valence-corrected chi connectivity index (χ4v) is 2.86. The van der Waals surface area contributed by atoms with Crippen molar-refractivity contribution in [3.05, 3.63) is 35.6 Å². The minimum Gasteiger partial charge on any atom is -0.353 e. The third-order valence-corrected chi connectivity index (χ3v) is 4.54. The van der Waals surface area contributed by atoms with Gasteiger partial charge in [-0.05, 0) is 31.5 Å². The van der Waals surface area contributed by atoms with Crippen molar-refractivity contribution >= 4 is 18.3 Å². The second-order valence-electron chi connectivity index (χ2n) is 6.69. The zero-order chi connectivity index (χ0) is 18.7. The van der Waals surface area contributed by atoms with Gasteiger partial charge in [0.05, 0.1) is 5.41 Å². The Labute approximate surface area is 156 Å². The van der Waals surface area contributed by atoms with Gasteiger partial charge in [0.1, 0.15) is 11.9 Å². The zero-order valence-corrected chi connectivity index (χ0v) is 15.5. The van der Waals surface area contributed by atoms with Crippen LogP contribution in [0.4, 0.5) is 17.6 Å². The van der Waals surface area contributed by atoms with E-state index in [1.807, 2.05) is 0 Å². The highest BCUT2D eigenvalue weighted by Crippen LogP contribution is 2.27. The minimum atomic E-state index is -4.44. The van der Waals surface area contributed by atoms with Crippen LogP contribution in [0.25, 0.3) is 0 Å². The predicted molar refractivity (Wildman–Crippen MR) is 94.0 cm³/mol. The number of hydrogen-bond donors (Lipinski definition) is 2. The van der Waals surface area contributed by atoms with Crippen LogP contribution in [0.5, 0.6) is 0 Å². The normalized spacial score (nSPS) is 17.3. The molecule has 2 N–H and O–H groups in total. The van der Waals surface area contributed by atoms with Crippen LogP contribution < -0.4 is 10.6 Å². The molecule has 0 bridgehead atoms. The number of halogens is 5. The number of hydrogen-bond acceptors (Lipinski definition) is 3. The molecule has 1 fully saturated rings. The third kappa shape index (κ3) is 5.56. The van der Waals surface area contributed by atoms with Gasteiger partial charge in [-0.2, -0.15) is 13.2 Å². The summed E-state index contributed by atoms with van der Waals surface area (Å²) in [6, 6.07) is 3.79. The Morgan fingerprint density at radius 3 is 2.42 bits per heavy atom. The lowest BCUT2D eigenvalue weighted by Gasteiger charge is -2.36. The van der Waals surface area contributed by atoms with Crippen molar-refractivity contribution < 1.29 is 22.4 Å². The molecule has 1 heterocycles. The van der Waals surface area contributed by atoms with E-state index in [1.165, 1.54) is 23.1 Å². The van der Waals surface area contributed by atoms with Gasteiger partial charge in [0.2, 0.25) is 5.91 Å². The van der Waals surface area contributed by atoms with E-state index in [0.29, 0.717) is 18.7 Å². The summed E-state index contributed by atoms with van der Waals surface area (Å²) < 4.78 is 53.5. The summed E-state index contributed by atoms with van der Waals surface area (Å²) in [5.41, 5.74) is -0.724. The monoisotopic (exact) mass is 397 g/mol. The molecular formula is C17H24ClF4N3O. The van der Waals surface area contributed by atoms with Crippen LogP contribution in [0.2, 0.25) is 0 Å². The first kappa shape index (κ1) is 22.7. The lowest BCUT2D eigenvalue weighted by atomic mass is 9.83. The maximum absolute atomic E-state index is 13.4. The molecule has 1 aliphatic heterocycles. The smallest absolute Gasteiger partial charge is 0.353 e. The van der Waals surface area contributed by atoms with Crippen molar-refractivity contribution in [2.45, 2.75) is 31.5 Å². The van der Waals surface area contributed by atoms with Crippen molar-refractivity contribution in [2.75, 3.05) is 32.7 Å². The molecule has 1 saturated heterocycles. The van der Waals surface area contributed by atoms with Gasteiger partial charge in [-0.25, -0.2) is 4.39 Å². The minimum absolute atomic E-state index is 0. The number of alkyl halides is 3. The Bertz CT molecular complexity index is 604. The first-order valence-electron chi connectivity index (χ1n) is 8.18. The Morgan fingerprint density at radius 2 is 1.88 bits per heavy atom. The molecule has 148 valence electrons. The van der Waals surface area contributed by atoms with E-state index in [0.717, 1.165) is 0 Å². The van der Waals surface area contributed by atoms with Crippen LogP contribution >= 0.6 is 12.4 Å². The first-order chi connectivity index (χ1) is 11.6. The molecule has 1 aromatic rings. The Balaban J connectivity index is 0.00000338. The SMILES string of the molecule is CC(C)(C(=O)NCC(N1CCNCC1)C(F)(F)F)c1cccc(F)c1.Cl. The van der Waals surface area contributed by atoms with Crippen LogP contribution in [-0.4, -0.2) is 55.7 Å². The fourth-order valence-electron chi connectivity index (χ4n) is 2.86. The molecule has 0 saturated carbocycles. The van der Waals surface area contributed by atoms with Gasteiger partial charge in [-0.15, -0.1) is 12.4 Å². The molecule has 26 heavy (non-hydrogen) atoms. The predicted octanol–water partition coefficient (Wildman–Crippen LogP) is 2.48. The number of nitrogens with one attached hydrogen (secondary N) is 2. The summed E-state index contributed by atoms with van der Waals surface area (Å²) in [4.78, 5) is 13.8. The Kier molecular flexibility index (Phi) is 7.85. The third-order valence-electron chi connectivity index (χ3n) is 4.54. The Hall–Kier alpha value is -1.38. The second kappa shape index (κ2) is 9.01. The van der Waals surface area contributed by atoms with E-state index >= 15 is 0 Å². The van der Waals surface area contributed by atoms with Gasteiger partial charge in [-0.1, -0.05) is 12.1 Å². The quantitative estimate of drug-likeness (QED) is 0.750. The molecule has 1 atom stereocenters. The van der Waals surface area contributed by atoms with Crippen LogP contribution in [-0.2, 0) is 10.2 Å². The summed E-state index contributed by atoms with van der Waals surface area (Å²) in [6.07, 6.45) is -4.44. The van der Waals surface area contributed by atoms with Gasteiger partial charge in [-0.3, -0.25) is 9.69 Å². The van der Waals surface area contributed by atoms with Crippen molar-refractivity contribution in [2.24, 2.45) is 0 Å². The van der Waals surface area contributed by atoms with Crippen LogP contribution in [0.1, 0.15) is 19.4 Å². The molecule has 0 aliphatic carbocycles. The van der Waals surface area contributed by atoms with Crippen molar-refractivity contribution in [3.8, 4) is 0 Å². The van der Waals surface area contributed by atoms with Gasteiger partial charge in [0.15, 0.2) is 0 Å². The number of carbonyl (C=O) groups excluding carboxylic acids is 1. The molecule has 1 aliphatic rings. The summed E-state index contributed by atoms with van der Waals surface area (Å²) >= 11 is 0. The van der Waals surface area contributed by atoms with Gasteiger partial charge >= 0.3 is 6.18 Å². The highest BCUT2D eigenvalue weighted by Gasteiger charge is 2.44. The van der Waals surface area contributed by atoms with E-state index in [4.69, 9.17) is 0 Å². The standard InChI is InChI=1S/C17H23F4N3O.ClH/c1-16(2,12-4-3-5-13(18)10-12)15(25)23-11-14(17(19,20)21)24-8-6-22-7-9-24;/h3-5,10,14,22H,6-9,11H2,1-2H3,(H,23,25);1H. The van der Waals surface area contributed by atoms with E-state index in [9.17, 15) is 22.4 Å². The summed E-state index contributed by atoms with van der Waals surface area (Å²) in [7, 11) is 0. The first-order valence-corrected chi connectivity index (χ1v) is 8.18. The number of rotatable bonds is 5. The highest BCUT2D eigenvalue weighted by atomic mass is 35.5. The Morgan fingerprint density at radius 1 is 1.27 bits per heavy atom. The molecule has 4 nitrogen and oxygen atoms in total. The largest absolute Gasteiger partial charge is 0.405 e. The van der Waals surface area contributed by atoms with Crippen molar-refractivity contribution in [1.29, 1.82) is 0 Å². The number of carbonyl (C=O) groups is 1. The summed E-state index contributed by atoms with van der Waals surface area (Å²) in [6.45, 7) is 4.10. The molecule has 1 aromatic carbocycles. The highest BCUT2D eigenvalue weighted by molar-refractivity contribution is 5.87. The summed E-state index contributed by atoms with van der Waals surface area (Å²) in [5, 5.41) is 5.41. The molecule has 0 spiro atoms. The molecule has 0 radical (unpaired) electrons. The average molecular weight is 398 g/mol. The van der Waals surface area contributed by atoms with Crippen molar-refractivity contribution in [3.63, 3.8) is 0 Å². The van der Waals surface area contributed by atoms with E-state index in [1.54, 1.807) is 19.9 Å². The maximum Gasteiger partial charge on any atom is 0.405 e. The van der Waals surface area contributed by atoms with Crippen molar-refractivity contribution in [1.82, 2.24) is 15.5 Å². The van der Waals surface area contributed by atoms with Gasteiger partial charge in [0, 0.05) is 32.7 Å². The number of benzene rings is 1. The lowest BCUT2D eigenvalue weighted by Crippen LogP contribution is -2.58.